The highest BCUT2D eigenvalue weighted by Crippen LogP contribution is 2.47. The number of ether oxygens (including phenoxy) is 5. The van der Waals surface area contributed by atoms with E-state index in [0.717, 1.165) is 27.3 Å². The topological polar surface area (TPSA) is 133 Å². The number of carbonyl (C=O) groups is 4. The molecule has 0 saturated carbocycles. The Bertz CT molecular complexity index is 2280. The molecule has 2 unspecified atom stereocenters. The molecule has 2 aliphatic rings. The van der Waals surface area contributed by atoms with Gasteiger partial charge in [0.2, 0.25) is 0 Å². The van der Waals surface area contributed by atoms with E-state index in [9.17, 15) is 19.2 Å². The molecule has 0 aliphatic carbocycles. The monoisotopic (exact) mass is 867 g/mol. The summed E-state index contributed by atoms with van der Waals surface area (Å²) in [5.41, 5.74) is 5.18. The van der Waals surface area contributed by atoms with Gasteiger partial charge in [-0.15, -0.1) is 11.8 Å². The molecule has 0 saturated heterocycles. The molecule has 0 N–H and O–H groups in total. The van der Waals surface area contributed by atoms with Crippen LogP contribution in [0.15, 0.2) is 118 Å². The number of methoxy groups -OCH3 is 1. The second kappa shape index (κ2) is 20.9. The molecule has 320 valence electrons. The number of benzene rings is 4. The van der Waals surface area contributed by atoms with E-state index in [1.165, 1.54) is 25.8 Å². The molecule has 4 atom stereocenters. The summed E-state index contributed by atoms with van der Waals surface area (Å²) in [6.07, 6.45) is -1.02. The maximum Gasteiger partial charge on any atom is 0.336 e. The van der Waals surface area contributed by atoms with E-state index in [4.69, 9.17) is 35.3 Å². The Hall–Kier alpha value is -5.47. The zero-order chi connectivity index (χ0) is 43.6. The van der Waals surface area contributed by atoms with Crippen LogP contribution in [0.1, 0.15) is 54.2 Å². The number of amides is 1. The number of hydrogen-bond donors (Lipinski definition) is 0. The van der Waals surface area contributed by atoms with E-state index in [1.807, 2.05) is 97.9 Å². The molecule has 0 bridgehead atoms. The van der Waals surface area contributed by atoms with Crippen LogP contribution in [-0.2, 0) is 51.3 Å². The number of esters is 3. The SMILES string of the molecule is CCOC(=O)C1=C(COCc2ccc(COc3ccc([C@@H]4Sc5ccccc5N(CCN(C)C)C(=O)[C@@H]4OC(C)=O)cc3)cc2)N=C(C)C(C(=O)OC)C1c1cccc(Cl)c1. The van der Waals surface area contributed by atoms with E-state index in [-0.39, 0.29) is 31.3 Å². The highest BCUT2D eigenvalue weighted by Gasteiger charge is 2.43. The highest BCUT2D eigenvalue weighted by atomic mass is 35.5. The first-order valence-corrected chi connectivity index (χ1v) is 21.2. The lowest BCUT2D eigenvalue weighted by molar-refractivity contribution is -0.152. The van der Waals surface area contributed by atoms with Crippen LogP contribution < -0.4 is 9.64 Å². The number of thioether (sulfide) groups is 1. The fourth-order valence-electron chi connectivity index (χ4n) is 7.35. The van der Waals surface area contributed by atoms with Crippen LogP contribution >= 0.6 is 23.4 Å². The third-order valence-corrected chi connectivity index (χ3v) is 11.9. The Balaban J connectivity index is 1.12. The first-order chi connectivity index (χ1) is 29.4. The Labute approximate surface area is 365 Å². The first kappa shape index (κ1) is 45.1. The number of halogens is 1. The van der Waals surface area contributed by atoms with Gasteiger partial charge in [0.15, 0.2) is 6.10 Å². The molecule has 6 rings (SSSR count). The average molecular weight is 868 g/mol. The minimum Gasteiger partial charge on any atom is -0.489 e. The smallest absolute Gasteiger partial charge is 0.336 e. The second-order valence-electron chi connectivity index (χ2n) is 14.9. The number of fused-ring (bicyclic) bond motifs is 1. The van der Waals surface area contributed by atoms with Crippen molar-refractivity contribution >= 4 is 58.6 Å². The van der Waals surface area contributed by atoms with Crippen molar-refractivity contribution < 1.29 is 42.9 Å². The number of anilines is 1. The van der Waals surface area contributed by atoms with Gasteiger partial charge in [0.05, 0.1) is 49.1 Å². The number of rotatable bonds is 16. The van der Waals surface area contributed by atoms with Crippen LogP contribution in [0.3, 0.4) is 0 Å². The van der Waals surface area contributed by atoms with Gasteiger partial charge in [-0.2, -0.15) is 0 Å². The van der Waals surface area contributed by atoms with E-state index in [2.05, 4.69) is 4.99 Å². The molecule has 0 aromatic heterocycles. The number of hydrogen-bond acceptors (Lipinski definition) is 12. The van der Waals surface area contributed by atoms with Gasteiger partial charge in [-0.1, -0.05) is 72.3 Å². The standard InChI is InChI=1S/C47H50ClN3O9S/c1-7-58-47(55)42-37(49-29(2)40(46(54)56-6)41(42)34-11-10-12-35(48)25-34)28-57-26-31-15-17-32(18-16-31)27-59-36-21-19-33(20-22-36)44-43(60-30(3)52)45(53)51(24-23-50(4)5)38-13-8-9-14-39(38)61-44/h8-22,25,40-41,43-44H,7,23-24,26-28H2,1-6H3/t40?,41?,43-,44+/m1/s1. The van der Waals surface area contributed by atoms with Crippen molar-refractivity contribution in [1.82, 2.24) is 4.90 Å². The summed E-state index contributed by atoms with van der Waals surface area (Å²) in [6, 6.07) is 30.1. The van der Waals surface area contributed by atoms with Crippen LogP contribution in [0.5, 0.6) is 5.75 Å². The Morgan fingerprint density at radius 2 is 1.59 bits per heavy atom. The van der Waals surface area contributed by atoms with Crippen LogP contribution in [0.2, 0.25) is 5.02 Å². The van der Waals surface area contributed by atoms with Gasteiger partial charge >= 0.3 is 17.9 Å². The largest absolute Gasteiger partial charge is 0.489 e. The van der Waals surface area contributed by atoms with Crippen LogP contribution in [-0.4, -0.2) is 88.0 Å². The molecule has 0 fully saturated rings. The van der Waals surface area contributed by atoms with Crippen LogP contribution in [0.25, 0.3) is 0 Å². The quantitative estimate of drug-likeness (QED) is 0.0802. The molecule has 0 spiro atoms. The van der Waals surface area contributed by atoms with E-state index >= 15 is 0 Å². The minimum absolute atomic E-state index is 0.00628. The number of nitrogens with zero attached hydrogens (tertiary/aromatic N) is 3. The van der Waals surface area contributed by atoms with Gasteiger partial charge in [0, 0.05) is 41.6 Å². The summed E-state index contributed by atoms with van der Waals surface area (Å²) < 4.78 is 28.6. The van der Waals surface area contributed by atoms with Crippen molar-refractivity contribution in [2.75, 3.05) is 52.4 Å². The zero-order valence-electron chi connectivity index (χ0n) is 35.1. The number of carbonyl (C=O) groups excluding carboxylic acids is 4. The zero-order valence-corrected chi connectivity index (χ0v) is 36.7. The summed E-state index contributed by atoms with van der Waals surface area (Å²) in [7, 11) is 5.21. The van der Waals surface area contributed by atoms with Crippen LogP contribution in [0.4, 0.5) is 5.69 Å². The Morgan fingerprint density at radius 1 is 0.885 bits per heavy atom. The molecule has 14 heteroatoms. The molecule has 2 aliphatic heterocycles. The Kier molecular flexibility index (Phi) is 15.4. The molecule has 4 aromatic rings. The van der Waals surface area contributed by atoms with E-state index in [1.54, 1.807) is 36.9 Å². The summed E-state index contributed by atoms with van der Waals surface area (Å²) >= 11 is 7.86. The maximum atomic E-state index is 14.0. The third kappa shape index (κ3) is 11.1. The molecule has 0 radical (unpaired) electrons. The van der Waals surface area contributed by atoms with Crippen LogP contribution in [0, 0.1) is 5.92 Å². The maximum absolute atomic E-state index is 14.0. The summed E-state index contributed by atoms with van der Waals surface area (Å²) in [5.74, 6) is -2.85. The first-order valence-electron chi connectivity index (χ1n) is 19.9. The second-order valence-corrected chi connectivity index (χ2v) is 16.5. The molecular formula is C47H50ClN3O9S. The fourth-order valence-corrected chi connectivity index (χ4v) is 8.87. The molecular weight excluding hydrogens is 818 g/mol. The molecule has 4 aromatic carbocycles. The summed E-state index contributed by atoms with van der Waals surface area (Å²) in [5, 5.41) is -0.0173. The van der Waals surface area contributed by atoms with E-state index < -0.39 is 41.1 Å². The van der Waals surface area contributed by atoms with E-state index in [0.29, 0.717) is 47.4 Å². The van der Waals surface area contributed by atoms with Gasteiger partial charge in [0.25, 0.3) is 5.91 Å². The summed E-state index contributed by atoms with van der Waals surface area (Å²) in [4.78, 5) is 62.2. The fraction of sp³-hybridized carbons (Fsp3) is 0.340. The van der Waals surface area contributed by atoms with Crippen molar-refractivity contribution in [3.05, 3.63) is 136 Å². The normalized spacial score (nSPS) is 18.9. The van der Waals surface area contributed by atoms with Crippen molar-refractivity contribution in [1.29, 1.82) is 0 Å². The lowest BCUT2D eigenvalue weighted by Crippen LogP contribution is -2.45. The number of para-hydroxylation sites is 1. The highest BCUT2D eigenvalue weighted by molar-refractivity contribution is 7.99. The minimum atomic E-state index is -1.02. The van der Waals surface area contributed by atoms with Crippen molar-refractivity contribution in [2.45, 2.75) is 56.2 Å². The lowest BCUT2D eigenvalue weighted by Gasteiger charge is -2.32. The van der Waals surface area contributed by atoms with Gasteiger partial charge in [-0.3, -0.25) is 19.4 Å². The Morgan fingerprint density at radius 3 is 2.25 bits per heavy atom. The number of likely N-dealkylation sites (N-methyl/N-ethyl adjacent to an activating group) is 1. The lowest BCUT2D eigenvalue weighted by atomic mass is 9.75. The van der Waals surface area contributed by atoms with Gasteiger partial charge in [0.1, 0.15) is 18.3 Å². The molecule has 12 nitrogen and oxygen atoms in total. The molecule has 61 heavy (non-hydrogen) atoms. The van der Waals surface area contributed by atoms with Crippen molar-refractivity contribution in [3.8, 4) is 5.75 Å². The molecule has 2 heterocycles. The van der Waals surface area contributed by atoms with Gasteiger partial charge in [-0.05, 0) is 86.6 Å². The predicted octanol–water partition coefficient (Wildman–Crippen LogP) is 7.97. The van der Waals surface area contributed by atoms with Crippen molar-refractivity contribution in [3.63, 3.8) is 0 Å². The average Bonchev–Trinajstić information content (AvgIpc) is 3.35. The van der Waals surface area contributed by atoms with Crippen molar-refractivity contribution in [2.24, 2.45) is 10.9 Å². The number of aliphatic imine (C=N–C) groups is 1. The predicted molar refractivity (Wildman–Crippen MR) is 235 cm³/mol. The van der Waals surface area contributed by atoms with Gasteiger partial charge < -0.3 is 33.5 Å². The molecule has 1 amide bonds. The third-order valence-electron chi connectivity index (χ3n) is 10.3. The van der Waals surface area contributed by atoms with Gasteiger partial charge in [-0.25, -0.2) is 4.79 Å². The summed E-state index contributed by atoms with van der Waals surface area (Å²) in [6.45, 7) is 6.53.